The van der Waals surface area contributed by atoms with Crippen LogP contribution in [0.25, 0.3) is 0 Å². The Hall–Kier alpha value is -2.29. The molecule has 3 heteroatoms. The van der Waals surface area contributed by atoms with Crippen molar-refractivity contribution in [1.29, 1.82) is 0 Å². The van der Waals surface area contributed by atoms with E-state index in [2.05, 4.69) is 50.4 Å². The molecule has 0 fully saturated rings. The van der Waals surface area contributed by atoms with E-state index >= 15 is 0 Å². The Labute approximate surface area is 145 Å². The Bertz CT molecular complexity index is 691. The summed E-state index contributed by atoms with van der Waals surface area (Å²) in [7, 11) is 0. The fourth-order valence-electron chi connectivity index (χ4n) is 2.55. The molecule has 0 spiro atoms. The quantitative estimate of drug-likeness (QED) is 0.840. The molecule has 0 aromatic heterocycles. The van der Waals surface area contributed by atoms with Crippen LogP contribution in [0.5, 0.6) is 5.75 Å². The van der Waals surface area contributed by atoms with Crippen LogP contribution in [0, 0.1) is 20.8 Å². The zero-order valence-corrected chi connectivity index (χ0v) is 15.2. The monoisotopic (exact) mass is 325 g/mol. The third-order valence-corrected chi connectivity index (χ3v) is 4.36. The van der Waals surface area contributed by atoms with Gasteiger partial charge in [0.1, 0.15) is 5.75 Å². The Morgan fingerprint density at radius 3 is 2.29 bits per heavy atom. The smallest absolute Gasteiger partial charge is 0.261 e. The van der Waals surface area contributed by atoms with Crippen molar-refractivity contribution in [2.75, 3.05) is 0 Å². The van der Waals surface area contributed by atoms with Gasteiger partial charge in [-0.05, 0) is 62.9 Å². The summed E-state index contributed by atoms with van der Waals surface area (Å²) >= 11 is 0. The van der Waals surface area contributed by atoms with Crippen LogP contribution in [-0.4, -0.2) is 12.0 Å². The highest BCUT2D eigenvalue weighted by Gasteiger charge is 2.19. The standard InChI is InChI=1S/C21H27NO2/c1-6-20(18-10-7-14(2)8-11-18)22-21(23)17(5)24-19-12-9-15(3)16(4)13-19/h7-13,17,20H,6H2,1-5H3,(H,22,23)/t17-,20+/m0/s1. The molecule has 0 aliphatic heterocycles. The van der Waals surface area contributed by atoms with E-state index in [0.717, 1.165) is 23.3 Å². The van der Waals surface area contributed by atoms with Gasteiger partial charge in [0, 0.05) is 0 Å². The molecule has 3 nitrogen and oxygen atoms in total. The second-order valence-electron chi connectivity index (χ2n) is 6.39. The molecule has 0 unspecified atom stereocenters. The number of nitrogens with one attached hydrogen (secondary N) is 1. The zero-order chi connectivity index (χ0) is 17.7. The first kappa shape index (κ1) is 18.1. The first-order valence-corrected chi connectivity index (χ1v) is 8.51. The van der Waals surface area contributed by atoms with Crippen molar-refractivity contribution in [2.45, 2.75) is 53.2 Å². The van der Waals surface area contributed by atoms with Gasteiger partial charge in [-0.3, -0.25) is 4.79 Å². The van der Waals surface area contributed by atoms with Gasteiger partial charge < -0.3 is 10.1 Å². The SMILES string of the molecule is CC[C@@H](NC(=O)[C@H](C)Oc1ccc(C)c(C)c1)c1ccc(C)cc1. The van der Waals surface area contributed by atoms with E-state index < -0.39 is 6.10 Å². The van der Waals surface area contributed by atoms with Crippen molar-refractivity contribution in [3.8, 4) is 5.75 Å². The minimum Gasteiger partial charge on any atom is -0.481 e. The van der Waals surface area contributed by atoms with Crippen LogP contribution < -0.4 is 10.1 Å². The van der Waals surface area contributed by atoms with Crippen molar-refractivity contribution >= 4 is 5.91 Å². The number of aryl methyl sites for hydroxylation is 3. The maximum absolute atomic E-state index is 12.5. The molecule has 0 heterocycles. The minimum absolute atomic E-state index is 0.00361. The van der Waals surface area contributed by atoms with E-state index in [9.17, 15) is 4.79 Å². The summed E-state index contributed by atoms with van der Waals surface area (Å²) in [6.45, 7) is 10.0. The van der Waals surface area contributed by atoms with E-state index in [1.165, 1.54) is 11.1 Å². The Morgan fingerprint density at radius 2 is 1.71 bits per heavy atom. The largest absolute Gasteiger partial charge is 0.481 e. The molecule has 1 N–H and O–H groups in total. The lowest BCUT2D eigenvalue weighted by molar-refractivity contribution is -0.128. The number of hydrogen-bond donors (Lipinski definition) is 1. The molecule has 2 rings (SSSR count). The lowest BCUT2D eigenvalue weighted by atomic mass is 10.0. The predicted molar refractivity (Wildman–Crippen MR) is 98.4 cm³/mol. The summed E-state index contributed by atoms with van der Waals surface area (Å²) in [6, 6.07) is 14.2. The van der Waals surface area contributed by atoms with Crippen molar-refractivity contribution in [3.63, 3.8) is 0 Å². The van der Waals surface area contributed by atoms with Gasteiger partial charge >= 0.3 is 0 Å². The van der Waals surface area contributed by atoms with Gasteiger partial charge in [0.2, 0.25) is 0 Å². The normalized spacial score (nSPS) is 13.2. The highest BCUT2D eigenvalue weighted by molar-refractivity contribution is 5.81. The highest BCUT2D eigenvalue weighted by Crippen LogP contribution is 2.20. The van der Waals surface area contributed by atoms with Crippen molar-refractivity contribution in [2.24, 2.45) is 0 Å². The van der Waals surface area contributed by atoms with Crippen molar-refractivity contribution in [3.05, 3.63) is 64.7 Å². The van der Waals surface area contributed by atoms with Gasteiger partial charge in [0.25, 0.3) is 5.91 Å². The summed E-state index contributed by atoms with van der Waals surface area (Å²) in [5, 5.41) is 3.08. The fraction of sp³-hybridized carbons (Fsp3) is 0.381. The Balaban J connectivity index is 2.01. The number of carbonyl (C=O) groups excluding carboxylic acids is 1. The van der Waals surface area contributed by atoms with Crippen LogP contribution in [0.15, 0.2) is 42.5 Å². The number of hydrogen-bond acceptors (Lipinski definition) is 2. The predicted octanol–water partition coefficient (Wildman–Crippen LogP) is 4.65. The number of carbonyl (C=O) groups is 1. The molecule has 24 heavy (non-hydrogen) atoms. The lowest BCUT2D eigenvalue weighted by Gasteiger charge is -2.21. The molecule has 2 aromatic carbocycles. The highest BCUT2D eigenvalue weighted by atomic mass is 16.5. The van der Waals surface area contributed by atoms with Gasteiger partial charge in [-0.25, -0.2) is 0 Å². The molecule has 1 amide bonds. The van der Waals surface area contributed by atoms with Crippen LogP contribution in [0.3, 0.4) is 0 Å². The van der Waals surface area contributed by atoms with E-state index in [-0.39, 0.29) is 11.9 Å². The van der Waals surface area contributed by atoms with Crippen LogP contribution in [0.2, 0.25) is 0 Å². The van der Waals surface area contributed by atoms with Crippen LogP contribution in [0.4, 0.5) is 0 Å². The summed E-state index contributed by atoms with van der Waals surface area (Å²) in [5.41, 5.74) is 4.71. The zero-order valence-electron chi connectivity index (χ0n) is 15.2. The molecule has 2 aromatic rings. The van der Waals surface area contributed by atoms with Crippen LogP contribution in [-0.2, 0) is 4.79 Å². The lowest BCUT2D eigenvalue weighted by Crippen LogP contribution is -2.38. The topological polar surface area (TPSA) is 38.3 Å². The first-order chi connectivity index (χ1) is 11.4. The van der Waals surface area contributed by atoms with E-state index in [1.54, 1.807) is 6.92 Å². The minimum atomic E-state index is -0.536. The molecule has 0 saturated heterocycles. The molecule has 0 bridgehead atoms. The number of amides is 1. The van der Waals surface area contributed by atoms with Gasteiger partial charge in [0.05, 0.1) is 6.04 Å². The summed E-state index contributed by atoms with van der Waals surface area (Å²) < 4.78 is 5.80. The maximum atomic E-state index is 12.5. The van der Waals surface area contributed by atoms with Crippen LogP contribution in [0.1, 0.15) is 48.6 Å². The van der Waals surface area contributed by atoms with Gasteiger partial charge in [-0.2, -0.15) is 0 Å². The molecule has 128 valence electrons. The van der Waals surface area contributed by atoms with E-state index in [1.807, 2.05) is 25.1 Å². The van der Waals surface area contributed by atoms with Crippen molar-refractivity contribution in [1.82, 2.24) is 5.32 Å². The molecular formula is C21H27NO2. The van der Waals surface area contributed by atoms with Gasteiger partial charge in [-0.1, -0.05) is 42.8 Å². The molecule has 2 atom stereocenters. The summed E-state index contributed by atoms with van der Waals surface area (Å²) in [5.74, 6) is 0.629. The van der Waals surface area contributed by atoms with E-state index in [4.69, 9.17) is 4.74 Å². The van der Waals surface area contributed by atoms with Crippen LogP contribution >= 0.6 is 0 Å². The number of ether oxygens (including phenoxy) is 1. The van der Waals surface area contributed by atoms with E-state index in [0.29, 0.717) is 0 Å². The first-order valence-electron chi connectivity index (χ1n) is 8.51. The third-order valence-electron chi connectivity index (χ3n) is 4.36. The summed E-state index contributed by atoms with van der Waals surface area (Å²) in [4.78, 5) is 12.5. The van der Waals surface area contributed by atoms with Gasteiger partial charge in [-0.15, -0.1) is 0 Å². The molecular weight excluding hydrogens is 298 g/mol. The molecule has 0 aliphatic rings. The summed E-state index contributed by atoms with van der Waals surface area (Å²) in [6.07, 6.45) is 0.303. The average Bonchev–Trinajstić information content (AvgIpc) is 2.56. The second-order valence-corrected chi connectivity index (χ2v) is 6.39. The number of rotatable bonds is 6. The maximum Gasteiger partial charge on any atom is 0.261 e. The Kier molecular flexibility index (Phi) is 6.02. The fourth-order valence-corrected chi connectivity index (χ4v) is 2.55. The molecule has 0 radical (unpaired) electrons. The number of benzene rings is 2. The van der Waals surface area contributed by atoms with Gasteiger partial charge in [0.15, 0.2) is 6.10 Å². The third kappa shape index (κ3) is 4.60. The van der Waals surface area contributed by atoms with Crippen molar-refractivity contribution < 1.29 is 9.53 Å². The molecule has 0 saturated carbocycles. The average molecular weight is 325 g/mol. The molecule has 0 aliphatic carbocycles. The Morgan fingerprint density at radius 1 is 1.04 bits per heavy atom. The second kappa shape index (κ2) is 8.00.